The molecule has 1 aromatic carbocycles. The number of benzene rings is 1. The fourth-order valence-corrected chi connectivity index (χ4v) is 1.87. The van der Waals surface area contributed by atoms with Crippen LogP contribution in [0.25, 0.3) is 0 Å². The first-order valence-corrected chi connectivity index (χ1v) is 6.94. The maximum atomic E-state index is 11.6. The molecule has 0 aliphatic heterocycles. The number of carbonyl (C=O) groups is 2. The lowest BCUT2D eigenvalue weighted by Crippen LogP contribution is -2.44. The Bertz CT molecular complexity index is 498. The van der Waals surface area contributed by atoms with Gasteiger partial charge in [0.25, 0.3) is 5.91 Å². The number of hydrogen-bond donors (Lipinski definition) is 2. The molecule has 21 heavy (non-hydrogen) atoms. The molecule has 0 saturated carbocycles. The van der Waals surface area contributed by atoms with Gasteiger partial charge in [0, 0.05) is 6.42 Å². The van der Waals surface area contributed by atoms with Crippen molar-refractivity contribution in [2.45, 2.75) is 41.0 Å². The van der Waals surface area contributed by atoms with Gasteiger partial charge in [0.05, 0.1) is 0 Å². The zero-order chi connectivity index (χ0) is 16.0. The molecule has 5 nitrogen and oxygen atoms in total. The van der Waals surface area contributed by atoms with Gasteiger partial charge in [-0.2, -0.15) is 0 Å². The Morgan fingerprint density at radius 1 is 1.00 bits per heavy atom. The van der Waals surface area contributed by atoms with E-state index < -0.39 is 5.91 Å². The third-order valence-corrected chi connectivity index (χ3v) is 2.60. The van der Waals surface area contributed by atoms with Gasteiger partial charge in [-0.1, -0.05) is 26.8 Å². The Hall–Kier alpha value is -2.04. The molecular formula is C16H24N2O3. The van der Waals surface area contributed by atoms with Gasteiger partial charge in [0.2, 0.25) is 5.91 Å². The summed E-state index contributed by atoms with van der Waals surface area (Å²) in [6.07, 6.45) is 0.339. The summed E-state index contributed by atoms with van der Waals surface area (Å²) in [4.78, 5) is 23.2. The van der Waals surface area contributed by atoms with Crippen molar-refractivity contribution in [3.63, 3.8) is 0 Å². The van der Waals surface area contributed by atoms with Crippen LogP contribution in [-0.4, -0.2) is 18.4 Å². The van der Waals surface area contributed by atoms with Gasteiger partial charge in [0.1, 0.15) is 5.75 Å². The molecule has 0 unspecified atom stereocenters. The van der Waals surface area contributed by atoms with E-state index in [9.17, 15) is 9.59 Å². The van der Waals surface area contributed by atoms with Crippen molar-refractivity contribution < 1.29 is 14.3 Å². The largest absolute Gasteiger partial charge is 0.484 e. The van der Waals surface area contributed by atoms with Crippen molar-refractivity contribution in [3.8, 4) is 5.75 Å². The standard InChI is InChI=1S/C16H24N2O3/c1-11-6-12(2)8-13(7-11)21-10-15(20)18-17-14(19)9-16(3,4)5/h6-8H,9-10H2,1-5H3,(H,17,19)(H,18,20). The maximum Gasteiger partial charge on any atom is 0.276 e. The molecule has 1 rings (SSSR count). The summed E-state index contributed by atoms with van der Waals surface area (Å²) in [7, 11) is 0. The molecule has 0 aromatic heterocycles. The van der Waals surface area contributed by atoms with E-state index in [1.54, 1.807) is 0 Å². The van der Waals surface area contributed by atoms with Crippen molar-refractivity contribution in [2.75, 3.05) is 6.61 Å². The van der Waals surface area contributed by atoms with E-state index in [1.807, 2.05) is 52.8 Å². The van der Waals surface area contributed by atoms with E-state index in [2.05, 4.69) is 10.9 Å². The van der Waals surface area contributed by atoms with Gasteiger partial charge in [-0.15, -0.1) is 0 Å². The quantitative estimate of drug-likeness (QED) is 0.837. The summed E-state index contributed by atoms with van der Waals surface area (Å²) < 4.78 is 5.40. The van der Waals surface area contributed by atoms with Crippen LogP contribution in [-0.2, 0) is 9.59 Å². The Labute approximate surface area is 126 Å². The second kappa shape index (κ2) is 7.11. The van der Waals surface area contributed by atoms with Crippen LogP contribution < -0.4 is 15.6 Å². The highest BCUT2D eigenvalue weighted by atomic mass is 16.5. The number of carbonyl (C=O) groups excluding carboxylic acids is 2. The van der Waals surface area contributed by atoms with Gasteiger partial charge in [-0.25, -0.2) is 0 Å². The van der Waals surface area contributed by atoms with E-state index in [1.165, 1.54) is 0 Å². The summed E-state index contributed by atoms with van der Waals surface area (Å²) in [5, 5.41) is 0. The Morgan fingerprint density at radius 2 is 1.52 bits per heavy atom. The number of amides is 2. The molecule has 0 atom stereocenters. The first-order chi connectivity index (χ1) is 9.65. The van der Waals surface area contributed by atoms with Crippen LogP contribution >= 0.6 is 0 Å². The molecule has 116 valence electrons. The van der Waals surface area contributed by atoms with Crippen LogP contribution in [0.1, 0.15) is 38.3 Å². The average Bonchev–Trinajstić information content (AvgIpc) is 2.30. The summed E-state index contributed by atoms with van der Waals surface area (Å²) in [6, 6.07) is 5.75. The highest BCUT2D eigenvalue weighted by Gasteiger charge is 2.16. The number of hydrazine groups is 1. The second-order valence-corrected chi connectivity index (χ2v) is 6.45. The third-order valence-electron chi connectivity index (χ3n) is 2.60. The lowest BCUT2D eigenvalue weighted by atomic mass is 9.92. The van der Waals surface area contributed by atoms with Crippen molar-refractivity contribution >= 4 is 11.8 Å². The van der Waals surface area contributed by atoms with Crippen molar-refractivity contribution in [3.05, 3.63) is 29.3 Å². The summed E-state index contributed by atoms with van der Waals surface area (Å²) in [5.41, 5.74) is 6.75. The van der Waals surface area contributed by atoms with Crippen molar-refractivity contribution in [1.29, 1.82) is 0 Å². The van der Waals surface area contributed by atoms with E-state index >= 15 is 0 Å². The van der Waals surface area contributed by atoms with Crippen LogP contribution in [0.3, 0.4) is 0 Å². The Balaban J connectivity index is 2.36. The van der Waals surface area contributed by atoms with E-state index in [4.69, 9.17) is 4.74 Å². The fraction of sp³-hybridized carbons (Fsp3) is 0.500. The van der Waals surface area contributed by atoms with Gasteiger partial charge < -0.3 is 4.74 Å². The predicted molar refractivity (Wildman–Crippen MR) is 81.8 cm³/mol. The van der Waals surface area contributed by atoms with E-state index in [0.29, 0.717) is 12.2 Å². The average molecular weight is 292 g/mol. The molecule has 2 amide bonds. The maximum absolute atomic E-state index is 11.6. The van der Waals surface area contributed by atoms with Crippen LogP contribution in [0, 0.1) is 19.3 Å². The van der Waals surface area contributed by atoms with E-state index in [-0.39, 0.29) is 17.9 Å². The Morgan fingerprint density at radius 3 is 2.05 bits per heavy atom. The van der Waals surface area contributed by atoms with Crippen LogP contribution in [0.5, 0.6) is 5.75 Å². The monoisotopic (exact) mass is 292 g/mol. The minimum atomic E-state index is -0.392. The molecule has 0 saturated heterocycles. The highest BCUT2D eigenvalue weighted by molar-refractivity contribution is 5.82. The Kier molecular flexibility index (Phi) is 5.76. The minimum Gasteiger partial charge on any atom is -0.484 e. The van der Waals surface area contributed by atoms with Crippen molar-refractivity contribution in [1.82, 2.24) is 10.9 Å². The molecule has 0 spiro atoms. The van der Waals surface area contributed by atoms with E-state index in [0.717, 1.165) is 11.1 Å². The predicted octanol–water partition coefficient (Wildman–Crippen LogP) is 2.27. The minimum absolute atomic E-state index is 0.121. The van der Waals surface area contributed by atoms with Gasteiger partial charge >= 0.3 is 0 Å². The number of rotatable bonds is 4. The van der Waals surface area contributed by atoms with Gasteiger partial charge in [0.15, 0.2) is 6.61 Å². The third kappa shape index (κ3) is 7.34. The van der Waals surface area contributed by atoms with Gasteiger partial charge in [-0.3, -0.25) is 20.4 Å². The SMILES string of the molecule is Cc1cc(C)cc(OCC(=O)NNC(=O)CC(C)(C)C)c1. The van der Waals surface area contributed by atoms with Crippen LogP contribution in [0.2, 0.25) is 0 Å². The zero-order valence-corrected chi connectivity index (χ0v) is 13.4. The lowest BCUT2D eigenvalue weighted by molar-refractivity contribution is -0.130. The number of aryl methyl sites for hydroxylation is 2. The highest BCUT2D eigenvalue weighted by Crippen LogP contribution is 2.17. The molecule has 1 aromatic rings. The number of nitrogens with one attached hydrogen (secondary N) is 2. The molecule has 0 radical (unpaired) electrons. The molecule has 5 heteroatoms. The molecule has 0 heterocycles. The molecule has 0 fully saturated rings. The summed E-state index contributed by atoms with van der Waals surface area (Å²) in [5.74, 6) is 0.0299. The normalized spacial score (nSPS) is 10.9. The molecule has 0 bridgehead atoms. The number of ether oxygens (including phenoxy) is 1. The first kappa shape index (κ1) is 17.0. The smallest absolute Gasteiger partial charge is 0.276 e. The van der Waals surface area contributed by atoms with Crippen LogP contribution in [0.4, 0.5) is 0 Å². The summed E-state index contributed by atoms with van der Waals surface area (Å²) in [6.45, 7) is 9.66. The van der Waals surface area contributed by atoms with Gasteiger partial charge in [-0.05, 0) is 42.5 Å². The summed E-state index contributed by atoms with van der Waals surface area (Å²) >= 11 is 0. The molecular weight excluding hydrogens is 268 g/mol. The van der Waals surface area contributed by atoms with Crippen molar-refractivity contribution in [2.24, 2.45) is 5.41 Å². The molecule has 0 aliphatic carbocycles. The number of hydrogen-bond acceptors (Lipinski definition) is 3. The molecule has 0 aliphatic rings. The first-order valence-electron chi connectivity index (χ1n) is 6.94. The zero-order valence-electron chi connectivity index (χ0n) is 13.4. The second-order valence-electron chi connectivity index (χ2n) is 6.45. The fourth-order valence-electron chi connectivity index (χ4n) is 1.87. The van der Waals surface area contributed by atoms with Crippen LogP contribution in [0.15, 0.2) is 18.2 Å². The topological polar surface area (TPSA) is 67.4 Å². The molecule has 2 N–H and O–H groups in total. The lowest BCUT2D eigenvalue weighted by Gasteiger charge is -2.17.